The SMILES string of the molecule is CCC(CC)N(C)C1CCCC1=O. The maximum absolute atomic E-state index is 11.5. The zero-order valence-electron chi connectivity index (χ0n) is 9.05. The van der Waals surface area contributed by atoms with Crippen molar-refractivity contribution in [1.29, 1.82) is 0 Å². The van der Waals surface area contributed by atoms with E-state index in [2.05, 4.69) is 25.8 Å². The number of hydrogen-bond acceptors (Lipinski definition) is 2. The minimum absolute atomic E-state index is 0.227. The highest BCUT2D eigenvalue weighted by Crippen LogP contribution is 2.22. The maximum Gasteiger partial charge on any atom is 0.149 e. The highest BCUT2D eigenvalue weighted by molar-refractivity contribution is 5.85. The summed E-state index contributed by atoms with van der Waals surface area (Å²) in [6, 6.07) is 0.817. The van der Waals surface area contributed by atoms with Crippen LogP contribution in [0.25, 0.3) is 0 Å². The van der Waals surface area contributed by atoms with E-state index in [4.69, 9.17) is 0 Å². The molecule has 0 saturated heterocycles. The monoisotopic (exact) mass is 183 g/mol. The van der Waals surface area contributed by atoms with Crippen molar-refractivity contribution in [2.24, 2.45) is 0 Å². The summed E-state index contributed by atoms with van der Waals surface area (Å²) in [7, 11) is 2.10. The molecule has 0 spiro atoms. The molecule has 0 N–H and O–H groups in total. The van der Waals surface area contributed by atoms with E-state index in [1.165, 1.54) is 0 Å². The summed E-state index contributed by atoms with van der Waals surface area (Å²) in [5.41, 5.74) is 0. The molecular weight excluding hydrogens is 162 g/mol. The summed E-state index contributed by atoms with van der Waals surface area (Å²) in [4.78, 5) is 13.8. The quantitative estimate of drug-likeness (QED) is 0.666. The van der Waals surface area contributed by atoms with Gasteiger partial charge in [0.05, 0.1) is 6.04 Å². The Morgan fingerprint density at radius 1 is 1.46 bits per heavy atom. The summed E-state index contributed by atoms with van der Waals surface area (Å²) < 4.78 is 0. The van der Waals surface area contributed by atoms with E-state index in [1.807, 2.05) is 0 Å². The van der Waals surface area contributed by atoms with Gasteiger partial charge in [0.1, 0.15) is 5.78 Å². The molecule has 0 aromatic carbocycles. The molecule has 0 aromatic rings. The average molecular weight is 183 g/mol. The normalized spacial score (nSPS) is 23.5. The van der Waals surface area contributed by atoms with Crippen LogP contribution in [0.15, 0.2) is 0 Å². The van der Waals surface area contributed by atoms with Crippen LogP contribution >= 0.6 is 0 Å². The summed E-state index contributed by atoms with van der Waals surface area (Å²) in [6.45, 7) is 4.40. The largest absolute Gasteiger partial charge is 0.298 e. The van der Waals surface area contributed by atoms with Gasteiger partial charge in [0.2, 0.25) is 0 Å². The van der Waals surface area contributed by atoms with Gasteiger partial charge in [-0.2, -0.15) is 0 Å². The zero-order chi connectivity index (χ0) is 9.84. The minimum Gasteiger partial charge on any atom is -0.298 e. The predicted octanol–water partition coefficient (Wildman–Crippen LogP) is 2.23. The number of nitrogens with zero attached hydrogens (tertiary/aromatic N) is 1. The lowest BCUT2D eigenvalue weighted by molar-refractivity contribution is -0.122. The van der Waals surface area contributed by atoms with Gasteiger partial charge in [-0.1, -0.05) is 13.8 Å². The van der Waals surface area contributed by atoms with Crippen molar-refractivity contribution < 1.29 is 4.79 Å². The van der Waals surface area contributed by atoms with Gasteiger partial charge in [-0.3, -0.25) is 9.69 Å². The molecule has 1 saturated carbocycles. The number of carbonyl (C=O) groups excluding carboxylic acids is 1. The fraction of sp³-hybridized carbons (Fsp3) is 0.909. The second-order valence-corrected chi connectivity index (χ2v) is 4.01. The van der Waals surface area contributed by atoms with Gasteiger partial charge < -0.3 is 0 Å². The number of Topliss-reactive ketones (excluding diaryl/α,β-unsaturated/α-hetero) is 1. The molecule has 1 atom stereocenters. The Morgan fingerprint density at radius 2 is 2.08 bits per heavy atom. The van der Waals surface area contributed by atoms with Crippen molar-refractivity contribution in [1.82, 2.24) is 4.90 Å². The summed E-state index contributed by atoms with van der Waals surface area (Å²) in [5.74, 6) is 0.453. The topological polar surface area (TPSA) is 20.3 Å². The third kappa shape index (κ3) is 2.31. The Labute approximate surface area is 81.3 Å². The van der Waals surface area contributed by atoms with Crippen LogP contribution in [0.4, 0.5) is 0 Å². The zero-order valence-corrected chi connectivity index (χ0v) is 9.05. The molecule has 1 rings (SSSR count). The predicted molar refractivity (Wildman–Crippen MR) is 54.8 cm³/mol. The van der Waals surface area contributed by atoms with Gasteiger partial charge >= 0.3 is 0 Å². The van der Waals surface area contributed by atoms with Crippen molar-refractivity contribution in [3.63, 3.8) is 0 Å². The molecule has 0 aliphatic heterocycles. The van der Waals surface area contributed by atoms with E-state index in [1.54, 1.807) is 0 Å². The van der Waals surface area contributed by atoms with Gasteiger partial charge in [-0.05, 0) is 32.7 Å². The molecular formula is C11H21NO. The van der Waals surface area contributed by atoms with Crippen LogP contribution in [0.1, 0.15) is 46.0 Å². The van der Waals surface area contributed by atoms with Crippen LogP contribution in [-0.4, -0.2) is 29.8 Å². The van der Waals surface area contributed by atoms with Gasteiger partial charge in [0, 0.05) is 12.5 Å². The van der Waals surface area contributed by atoms with Crippen LogP contribution in [0.2, 0.25) is 0 Å². The molecule has 1 fully saturated rings. The summed E-state index contributed by atoms with van der Waals surface area (Å²) in [5, 5.41) is 0. The third-order valence-corrected chi connectivity index (χ3v) is 3.28. The van der Waals surface area contributed by atoms with Gasteiger partial charge in [0.15, 0.2) is 0 Å². The molecule has 0 amide bonds. The van der Waals surface area contributed by atoms with Crippen molar-refractivity contribution in [2.75, 3.05) is 7.05 Å². The maximum atomic E-state index is 11.5. The number of likely N-dealkylation sites (N-methyl/N-ethyl adjacent to an activating group) is 1. The highest BCUT2D eigenvalue weighted by Gasteiger charge is 2.30. The Balaban J connectivity index is 2.54. The molecule has 2 heteroatoms. The van der Waals surface area contributed by atoms with E-state index in [0.717, 1.165) is 32.1 Å². The van der Waals surface area contributed by atoms with Crippen molar-refractivity contribution in [2.45, 2.75) is 58.0 Å². The van der Waals surface area contributed by atoms with Crippen LogP contribution < -0.4 is 0 Å². The Bertz CT molecular complexity index is 175. The van der Waals surface area contributed by atoms with Crippen molar-refractivity contribution in [3.8, 4) is 0 Å². The standard InChI is InChI=1S/C11H21NO/c1-4-9(5-2)12(3)10-7-6-8-11(10)13/h9-10H,4-8H2,1-3H3. The lowest BCUT2D eigenvalue weighted by Gasteiger charge is -2.30. The molecule has 76 valence electrons. The first-order valence-corrected chi connectivity index (χ1v) is 5.45. The number of hydrogen-bond donors (Lipinski definition) is 0. The van der Waals surface area contributed by atoms with E-state index < -0.39 is 0 Å². The van der Waals surface area contributed by atoms with Crippen LogP contribution in [0.3, 0.4) is 0 Å². The average Bonchev–Trinajstić information content (AvgIpc) is 2.53. The highest BCUT2D eigenvalue weighted by atomic mass is 16.1. The Kier molecular flexibility index (Phi) is 3.91. The minimum atomic E-state index is 0.227. The molecule has 1 aliphatic rings. The first kappa shape index (κ1) is 10.7. The molecule has 0 aromatic heterocycles. The molecule has 2 nitrogen and oxygen atoms in total. The molecule has 1 aliphatic carbocycles. The lowest BCUT2D eigenvalue weighted by atomic mass is 10.1. The number of carbonyl (C=O) groups is 1. The second kappa shape index (κ2) is 4.75. The van der Waals surface area contributed by atoms with E-state index >= 15 is 0 Å². The van der Waals surface area contributed by atoms with Crippen molar-refractivity contribution in [3.05, 3.63) is 0 Å². The summed E-state index contributed by atoms with van der Waals surface area (Å²) in [6.07, 6.45) is 5.27. The second-order valence-electron chi connectivity index (χ2n) is 4.01. The van der Waals surface area contributed by atoms with Crippen LogP contribution in [0.5, 0.6) is 0 Å². The van der Waals surface area contributed by atoms with Gasteiger partial charge in [0.25, 0.3) is 0 Å². The molecule has 0 bridgehead atoms. The molecule has 0 radical (unpaired) electrons. The van der Waals surface area contributed by atoms with Gasteiger partial charge in [-0.25, -0.2) is 0 Å². The Hall–Kier alpha value is -0.370. The van der Waals surface area contributed by atoms with E-state index in [9.17, 15) is 4.79 Å². The van der Waals surface area contributed by atoms with E-state index in [0.29, 0.717) is 11.8 Å². The lowest BCUT2D eigenvalue weighted by Crippen LogP contribution is -2.41. The summed E-state index contributed by atoms with van der Waals surface area (Å²) >= 11 is 0. The molecule has 13 heavy (non-hydrogen) atoms. The fourth-order valence-electron chi connectivity index (χ4n) is 2.35. The fourth-order valence-corrected chi connectivity index (χ4v) is 2.35. The molecule has 1 unspecified atom stereocenters. The van der Waals surface area contributed by atoms with Gasteiger partial charge in [-0.15, -0.1) is 0 Å². The first-order chi connectivity index (χ1) is 6.20. The number of rotatable bonds is 4. The van der Waals surface area contributed by atoms with Crippen LogP contribution in [-0.2, 0) is 4.79 Å². The third-order valence-electron chi connectivity index (χ3n) is 3.28. The van der Waals surface area contributed by atoms with E-state index in [-0.39, 0.29) is 6.04 Å². The Morgan fingerprint density at radius 3 is 2.46 bits per heavy atom. The van der Waals surface area contributed by atoms with Crippen LogP contribution in [0, 0.1) is 0 Å². The molecule has 0 heterocycles. The smallest absolute Gasteiger partial charge is 0.149 e. The van der Waals surface area contributed by atoms with Crippen molar-refractivity contribution >= 4 is 5.78 Å². The first-order valence-electron chi connectivity index (χ1n) is 5.45. The number of ketones is 1.